The van der Waals surface area contributed by atoms with Gasteiger partial charge in [0.05, 0.1) is 0 Å². The van der Waals surface area contributed by atoms with Crippen LogP contribution >= 0.6 is 43.2 Å². The first kappa shape index (κ1) is 9.44. The maximum absolute atomic E-state index is 3.53. The molecular formula is C10H5Br2S. The highest BCUT2D eigenvalue weighted by atomic mass is 79.9. The van der Waals surface area contributed by atoms with Crippen LogP contribution in [0.1, 0.15) is 0 Å². The fraction of sp³-hybridized carbons (Fsp3) is 0. The van der Waals surface area contributed by atoms with E-state index in [0.717, 1.165) is 8.95 Å². The van der Waals surface area contributed by atoms with Gasteiger partial charge in [-0.2, -0.15) is 0 Å². The van der Waals surface area contributed by atoms with E-state index < -0.39 is 0 Å². The van der Waals surface area contributed by atoms with Gasteiger partial charge in [-0.3, -0.25) is 0 Å². The molecule has 0 aliphatic rings. The number of hydrogen-bond acceptors (Lipinski definition) is 1. The molecule has 0 fully saturated rings. The smallest absolute Gasteiger partial charge is 0.0449 e. The number of hydrogen-bond donors (Lipinski definition) is 0. The highest BCUT2D eigenvalue weighted by molar-refractivity contribution is 9.11. The lowest BCUT2D eigenvalue weighted by Gasteiger charge is -2.01. The molecule has 0 aliphatic heterocycles. The van der Waals surface area contributed by atoms with E-state index in [9.17, 15) is 0 Å². The van der Waals surface area contributed by atoms with Crippen molar-refractivity contribution in [2.45, 2.75) is 0 Å². The summed E-state index contributed by atoms with van der Waals surface area (Å²) in [4.78, 5) is 1.24. The van der Waals surface area contributed by atoms with E-state index in [1.165, 1.54) is 10.4 Å². The molecule has 1 radical (unpaired) electrons. The molecule has 13 heavy (non-hydrogen) atoms. The standard InChI is InChI=1S/C10H5Br2S/c11-7-3-4-8(9(12)6-7)10-2-1-5-13-10/h1-4,6H. The molecule has 0 bridgehead atoms. The summed E-state index contributed by atoms with van der Waals surface area (Å²) in [7, 11) is 0. The Hall–Kier alpha value is -0.120. The predicted molar refractivity (Wildman–Crippen MR) is 64.0 cm³/mol. The first-order valence-corrected chi connectivity index (χ1v) is 6.09. The molecule has 1 aromatic carbocycles. The Bertz CT molecular complexity index is 407. The molecule has 0 amide bonds. The molecule has 3 heteroatoms. The van der Waals surface area contributed by atoms with Gasteiger partial charge in [0, 0.05) is 24.8 Å². The van der Waals surface area contributed by atoms with Crippen LogP contribution in [0.15, 0.2) is 39.3 Å². The van der Waals surface area contributed by atoms with Crippen molar-refractivity contribution in [2.24, 2.45) is 0 Å². The molecule has 1 heterocycles. The van der Waals surface area contributed by atoms with E-state index in [-0.39, 0.29) is 0 Å². The minimum atomic E-state index is 1.09. The van der Waals surface area contributed by atoms with Crippen molar-refractivity contribution in [1.82, 2.24) is 0 Å². The lowest BCUT2D eigenvalue weighted by molar-refractivity contribution is 1.60. The third-order valence-electron chi connectivity index (χ3n) is 1.67. The molecule has 0 N–H and O–H groups in total. The van der Waals surface area contributed by atoms with Gasteiger partial charge in [0.15, 0.2) is 0 Å². The highest BCUT2D eigenvalue weighted by Crippen LogP contribution is 2.33. The number of benzene rings is 1. The van der Waals surface area contributed by atoms with Crippen LogP contribution in [0.3, 0.4) is 0 Å². The maximum atomic E-state index is 3.53. The number of halogens is 2. The summed E-state index contributed by atoms with van der Waals surface area (Å²) >= 11 is 8.58. The Morgan fingerprint density at radius 2 is 2.00 bits per heavy atom. The zero-order valence-corrected chi connectivity index (χ0v) is 10.5. The van der Waals surface area contributed by atoms with Gasteiger partial charge in [0.2, 0.25) is 0 Å². The lowest BCUT2D eigenvalue weighted by atomic mass is 10.2. The van der Waals surface area contributed by atoms with E-state index in [1.54, 1.807) is 11.3 Å². The van der Waals surface area contributed by atoms with Crippen LogP contribution in [0, 0.1) is 5.38 Å². The molecule has 0 saturated carbocycles. The van der Waals surface area contributed by atoms with Gasteiger partial charge in [-0.1, -0.05) is 37.9 Å². The Balaban J connectivity index is 2.53. The third-order valence-corrected chi connectivity index (χ3v) is 3.65. The second-order valence-corrected chi connectivity index (χ2v) is 5.19. The molecule has 0 aliphatic carbocycles. The van der Waals surface area contributed by atoms with Crippen LogP contribution < -0.4 is 0 Å². The fourth-order valence-electron chi connectivity index (χ4n) is 1.08. The molecule has 65 valence electrons. The molecule has 0 unspecified atom stereocenters. The largest absolute Gasteiger partial charge is 0.134 e. The van der Waals surface area contributed by atoms with Crippen molar-refractivity contribution < 1.29 is 0 Å². The molecular weight excluding hydrogens is 312 g/mol. The van der Waals surface area contributed by atoms with E-state index in [0.29, 0.717) is 0 Å². The molecule has 1 aromatic heterocycles. The summed E-state index contributed by atoms with van der Waals surface area (Å²) < 4.78 is 2.20. The summed E-state index contributed by atoms with van der Waals surface area (Å²) in [5, 5.41) is 3.08. The summed E-state index contributed by atoms with van der Waals surface area (Å²) in [5.74, 6) is 0. The molecule has 0 nitrogen and oxygen atoms in total. The van der Waals surface area contributed by atoms with E-state index in [1.807, 2.05) is 12.1 Å². The fourth-order valence-corrected chi connectivity index (χ4v) is 3.15. The Morgan fingerprint density at radius 1 is 1.15 bits per heavy atom. The molecule has 2 aromatic rings. The van der Waals surface area contributed by atoms with Crippen LogP contribution in [0.25, 0.3) is 10.4 Å². The average molecular weight is 317 g/mol. The Labute approximate surface area is 97.9 Å². The quantitative estimate of drug-likeness (QED) is 0.713. The van der Waals surface area contributed by atoms with E-state index in [4.69, 9.17) is 0 Å². The second-order valence-electron chi connectivity index (χ2n) is 2.54. The average Bonchev–Trinajstić information content (AvgIpc) is 2.56. The zero-order valence-electron chi connectivity index (χ0n) is 6.55. The zero-order chi connectivity index (χ0) is 9.26. The predicted octanol–water partition coefficient (Wildman–Crippen LogP) is 4.74. The second kappa shape index (κ2) is 3.95. The number of thiophene rings is 1. The van der Waals surface area contributed by atoms with Gasteiger partial charge in [-0.25, -0.2) is 0 Å². The van der Waals surface area contributed by atoms with Crippen LogP contribution in [0.5, 0.6) is 0 Å². The van der Waals surface area contributed by atoms with Crippen LogP contribution in [0.2, 0.25) is 0 Å². The minimum Gasteiger partial charge on any atom is -0.134 e. The monoisotopic (exact) mass is 315 g/mol. The van der Waals surface area contributed by atoms with Crippen molar-refractivity contribution in [1.29, 1.82) is 0 Å². The SMILES string of the molecule is Brc1ccc(-c2cc[c]s2)c(Br)c1. The van der Waals surface area contributed by atoms with Crippen molar-refractivity contribution in [2.75, 3.05) is 0 Å². The topological polar surface area (TPSA) is 0 Å². The van der Waals surface area contributed by atoms with Crippen molar-refractivity contribution in [3.63, 3.8) is 0 Å². The van der Waals surface area contributed by atoms with E-state index in [2.05, 4.69) is 55.4 Å². The minimum absolute atomic E-state index is 1.09. The summed E-state index contributed by atoms with van der Waals surface area (Å²) in [6.45, 7) is 0. The van der Waals surface area contributed by atoms with E-state index >= 15 is 0 Å². The molecule has 0 spiro atoms. The molecule has 0 saturated heterocycles. The van der Waals surface area contributed by atoms with Gasteiger partial charge in [-0.05, 0) is 24.3 Å². The first-order chi connectivity index (χ1) is 6.27. The summed E-state index contributed by atoms with van der Waals surface area (Å²) in [6.07, 6.45) is 0. The summed E-state index contributed by atoms with van der Waals surface area (Å²) in [5.41, 5.74) is 1.22. The molecule has 0 atom stereocenters. The van der Waals surface area contributed by atoms with Crippen LogP contribution in [-0.4, -0.2) is 0 Å². The normalized spacial score (nSPS) is 10.3. The van der Waals surface area contributed by atoms with Crippen molar-refractivity contribution in [3.05, 3.63) is 44.7 Å². The van der Waals surface area contributed by atoms with Crippen LogP contribution in [-0.2, 0) is 0 Å². The van der Waals surface area contributed by atoms with Crippen LogP contribution in [0.4, 0.5) is 0 Å². The van der Waals surface area contributed by atoms with Crippen molar-refractivity contribution in [3.8, 4) is 10.4 Å². The molecule has 2 rings (SSSR count). The van der Waals surface area contributed by atoms with Crippen molar-refractivity contribution >= 4 is 43.2 Å². The maximum Gasteiger partial charge on any atom is 0.0449 e. The van der Waals surface area contributed by atoms with Gasteiger partial charge in [0.25, 0.3) is 0 Å². The lowest BCUT2D eigenvalue weighted by Crippen LogP contribution is -1.74. The number of rotatable bonds is 1. The highest BCUT2D eigenvalue weighted by Gasteiger charge is 2.03. The first-order valence-electron chi connectivity index (χ1n) is 3.68. The Morgan fingerprint density at radius 3 is 2.62 bits per heavy atom. The van der Waals surface area contributed by atoms with Gasteiger partial charge >= 0.3 is 0 Å². The Kier molecular flexibility index (Phi) is 2.86. The summed E-state index contributed by atoms with van der Waals surface area (Å²) in [6, 6.07) is 10.2. The van der Waals surface area contributed by atoms with Gasteiger partial charge in [-0.15, -0.1) is 11.3 Å². The third kappa shape index (κ3) is 2.03. The van der Waals surface area contributed by atoms with Gasteiger partial charge < -0.3 is 0 Å². The van der Waals surface area contributed by atoms with Gasteiger partial charge in [0.1, 0.15) is 0 Å².